The number of carbonyl (C=O) groups excluding carboxylic acids is 4. The molecule has 3 fully saturated rings. The largest absolute Gasteiger partial charge is 0.418 e. The summed E-state index contributed by atoms with van der Waals surface area (Å²) in [6.45, 7) is 1.15. The van der Waals surface area contributed by atoms with Crippen molar-refractivity contribution in [2.45, 2.75) is 24.9 Å². The van der Waals surface area contributed by atoms with E-state index in [0.29, 0.717) is 18.3 Å². The van der Waals surface area contributed by atoms with E-state index >= 15 is 0 Å². The van der Waals surface area contributed by atoms with E-state index in [4.69, 9.17) is 9.29 Å². The van der Waals surface area contributed by atoms with Crippen molar-refractivity contribution < 1.29 is 41.2 Å². The van der Waals surface area contributed by atoms with Crippen molar-refractivity contribution in [1.82, 2.24) is 25.7 Å². The maximum absolute atomic E-state index is 12.3. The minimum Gasteiger partial charge on any atom is -0.378 e. The number of rotatable bonds is 3. The first-order chi connectivity index (χ1) is 13.2. The Labute approximate surface area is 159 Å². The maximum Gasteiger partial charge on any atom is 0.418 e. The smallest absolute Gasteiger partial charge is 0.378 e. The second-order valence-corrected chi connectivity index (χ2v) is 7.36. The summed E-state index contributed by atoms with van der Waals surface area (Å²) in [6.07, 6.45) is 0.400. The molecule has 3 heterocycles. The zero-order valence-corrected chi connectivity index (χ0v) is 15.4. The van der Waals surface area contributed by atoms with Gasteiger partial charge in [0.25, 0.3) is 5.91 Å². The molecule has 3 rings (SSSR count). The second kappa shape index (κ2) is 7.86. The van der Waals surface area contributed by atoms with Gasteiger partial charge < -0.3 is 14.5 Å². The molecule has 3 N–H and O–H groups in total. The lowest BCUT2D eigenvalue weighted by Gasteiger charge is -2.29. The molecule has 2 bridgehead atoms. The molecule has 0 aromatic heterocycles. The maximum atomic E-state index is 12.3. The molecule has 0 radical (unpaired) electrons. The Bertz CT molecular complexity index is 781. The first-order valence-electron chi connectivity index (χ1n) is 8.41. The van der Waals surface area contributed by atoms with Crippen LogP contribution < -0.4 is 10.9 Å². The van der Waals surface area contributed by atoms with Crippen molar-refractivity contribution in [1.29, 1.82) is 0 Å². The second-order valence-electron chi connectivity index (χ2n) is 6.36. The lowest BCUT2D eigenvalue weighted by atomic mass is 10.0. The van der Waals surface area contributed by atoms with E-state index in [1.54, 1.807) is 0 Å². The van der Waals surface area contributed by atoms with E-state index in [1.165, 1.54) is 4.90 Å². The fourth-order valence-electron chi connectivity index (χ4n) is 3.27. The number of hydrogen-bond donors (Lipinski definition) is 3. The number of amides is 5. The molecular formula is C13H19N5O9S. The molecular weight excluding hydrogens is 402 g/mol. The highest BCUT2D eigenvalue weighted by Crippen LogP contribution is 2.30. The van der Waals surface area contributed by atoms with Crippen molar-refractivity contribution in [3.8, 4) is 0 Å². The van der Waals surface area contributed by atoms with Gasteiger partial charge in [0, 0.05) is 19.6 Å². The summed E-state index contributed by atoms with van der Waals surface area (Å²) in [5.74, 6) is -2.60. The summed E-state index contributed by atoms with van der Waals surface area (Å²) in [6, 6.07) is -2.55. The molecule has 0 aliphatic carbocycles. The number of carbonyl (C=O) groups is 4. The number of fused-ring (bicyclic) bond motifs is 2. The average Bonchev–Trinajstić information content (AvgIpc) is 2.89. The van der Waals surface area contributed by atoms with Gasteiger partial charge in [0.15, 0.2) is 0 Å². The van der Waals surface area contributed by atoms with Crippen LogP contribution in [0.4, 0.5) is 4.79 Å². The van der Waals surface area contributed by atoms with E-state index in [1.807, 2.05) is 5.43 Å². The molecule has 3 saturated heterocycles. The standard InChI is InChI=1S/C13H19N5O9S/c19-10(14-15-11(20)12(21)16-3-5-26-6-4-16)9-2-1-8-7-17(9)13(22)18(8)27-28(23,24)25/h8-9H,1-7H2,(H,14,19)(H,15,20)(H,23,24,25)/t8-,9+/m1/s1. The van der Waals surface area contributed by atoms with E-state index in [0.717, 1.165) is 4.90 Å². The Hall–Kier alpha value is -2.49. The third-order valence-corrected chi connectivity index (χ3v) is 4.94. The molecule has 0 spiro atoms. The molecule has 5 amide bonds. The van der Waals surface area contributed by atoms with Gasteiger partial charge >= 0.3 is 28.2 Å². The molecule has 2 atom stereocenters. The summed E-state index contributed by atoms with van der Waals surface area (Å²) in [7, 11) is -4.89. The monoisotopic (exact) mass is 421 g/mol. The van der Waals surface area contributed by atoms with Gasteiger partial charge in [-0.05, 0) is 12.8 Å². The van der Waals surface area contributed by atoms with Gasteiger partial charge in [-0.3, -0.25) is 29.8 Å². The summed E-state index contributed by atoms with van der Waals surface area (Å²) in [5.41, 5.74) is 4.11. The lowest BCUT2D eigenvalue weighted by molar-refractivity contribution is -0.149. The number of urea groups is 1. The summed E-state index contributed by atoms with van der Waals surface area (Å²) < 4.78 is 39.8. The molecule has 0 aromatic carbocycles. The number of morpholine rings is 1. The SMILES string of the molecule is O=C(NNC(=O)[C@@H]1CC[C@@H]2CN1C(=O)N2OS(=O)(=O)O)C(=O)N1CCOCC1. The zero-order chi connectivity index (χ0) is 20.5. The molecule has 0 aromatic rings. The van der Waals surface area contributed by atoms with Crippen molar-refractivity contribution in [3.05, 3.63) is 0 Å². The van der Waals surface area contributed by atoms with Crippen LogP contribution in [0.25, 0.3) is 0 Å². The molecule has 15 heteroatoms. The highest BCUT2D eigenvalue weighted by Gasteiger charge is 2.49. The molecule has 0 saturated carbocycles. The van der Waals surface area contributed by atoms with Crippen molar-refractivity contribution in [2.75, 3.05) is 32.8 Å². The fraction of sp³-hybridized carbons (Fsp3) is 0.692. The minimum absolute atomic E-state index is 0.00704. The fourth-order valence-corrected chi connectivity index (χ4v) is 3.66. The average molecular weight is 421 g/mol. The number of piperidine rings is 1. The normalized spacial score (nSPS) is 24.9. The summed E-state index contributed by atoms with van der Waals surface area (Å²) in [4.78, 5) is 50.8. The van der Waals surface area contributed by atoms with Gasteiger partial charge in [-0.2, -0.15) is 13.5 Å². The van der Waals surface area contributed by atoms with Crippen LogP contribution >= 0.6 is 0 Å². The number of ether oxygens (including phenoxy) is 1. The first-order valence-corrected chi connectivity index (χ1v) is 9.77. The molecule has 3 aliphatic rings. The Morgan fingerprint density at radius 2 is 1.82 bits per heavy atom. The third-order valence-electron chi connectivity index (χ3n) is 4.59. The zero-order valence-electron chi connectivity index (χ0n) is 14.6. The number of hydrogen-bond acceptors (Lipinski definition) is 8. The van der Waals surface area contributed by atoms with E-state index in [-0.39, 0.29) is 32.5 Å². The Balaban J connectivity index is 1.54. The van der Waals surface area contributed by atoms with Crippen LogP contribution in [0.2, 0.25) is 0 Å². The molecule has 0 unspecified atom stereocenters. The van der Waals surface area contributed by atoms with Crippen LogP contribution in [0.1, 0.15) is 12.8 Å². The van der Waals surface area contributed by atoms with Crippen LogP contribution in [-0.2, 0) is 33.8 Å². The number of nitrogens with zero attached hydrogens (tertiary/aromatic N) is 3. The predicted octanol–water partition coefficient (Wildman–Crippen LogP) is -3.00. The first kappa shape index (κ1) is 20.2. The van der Waals surface area contributed by atoms with E-state index in [2.05, 4.69) is 9.71 Å². The summed E-state index contributed by atoms with van der Waals surface area (Å²) >= 11 is 0. The van der Waals surface area contributed by atoms with Crippen molar-refractivity contribution >= 4 is 34.2 Å². The van der Waals surface area contributed by atoms with Gasteiger partial charge in [-0.25, -0.2) is 4.79 Å². The Morgan fingerprint density at radius 1 is 1.14 bits per heavy atom. The van der Waals surface area contributed by atoms with Gasteiger partial charge in [0.05, 0.1) is 19.3 Å². The quantitative estimate of drug-likeness (QED) is 0.243. The summed E-state index contributed by atoms with van der Waals surface area (Å²) in [5, 5.41) is 0.503. The highest BCUT2D eigenvalue weighted by molar-refractivity contribution is 7.80. The number of hydroxylamine groups is 2. The molecule has 14 nitrogen and oxygen atoms in total. The van der Waals surface area contributed by atoms with Crippen LogP contribution in [-0.4, -0.2) is 96.5 Å². The minimum atomic E-state index is -4.89. The molecule has 3 aliphatic heterocycles. The highest BCUT2D eigenvalue weighted by atomic mass is 32.3. The van der Waals surface area contributed by atoms with Gasteiger partial charge in [-0.1, -0.05) is 0 Å². The van der Waals surface area contributed by atoms with Crippen LogP contribution in [0.3, 0.4) is 0 Å². The van der Waals surface area contributed by atoms with Crippen LogP contribution in [0.15, 0.2) is 0 Å². The lowest BCUT2D eigenvalue weighted by Crippen LogP contribution is -2.57. The van der Waals surface area contributed by atoms with Crippen molar-refractivity contribution in [3.63, 3.8) is 0 Å². The Morgan fingerprint density at radius 3 is 2.46 bits per heavy atom. The number of hydrazine groups is 1. The number of nitrogens with one attached hydrogen (secondary N) is 2. The Kier molecular flexibility index (Phi) is 5.69. The van der Waals surface area contributed by atoms with Gasteiger partial charge in [0.2, 0.25) is 0 Å². The van der Waals surface area contributed by atoms with Crippen LogP contribution in [0, 0.1) is 0 Å². The molecule has 28 heavy (non-hydrogen) atoms. The van der Waals surface area contributed by atoms with Gasteiger partial charge in [0.1, 0.15) is 6.04 Å². The van der Waals surface area contributed by atoms with Crippen molar-refractivity contribution in [2.24, 2.45) is 0 Å². The topological polar surface area (TPSA) is 175 Å². The predicted molar refractivity (Wildman–Crippen MR) is 87.1 cm³/mol. The van der Waals surface area contributed by atoms with Crippen LogP contribution in [0.5, 0.6) is 0 Å². The van der Waals surface area contributed by atoms with Gasteiger partial charge in [-0.15, -0.1) is 4.28 Å². The van der Waals surface area contributed by atoms with E-state index < -0.39 is 46.2 Å². The van der Waals surface area contributed by atoms with E-state index in [9.17, 15) is 27.6 Å². The third kappa shape index (κ3) is 4.32. The molecule has 156 valence electrons.